The molecule has 1 aromatic carbocycles. The van der Waals surface area contributed by atoms with Crippen LogP contribution in [0.3, 0.4) is 0 Å². The van der Waals surface area contributed by atoms with Gasteiger partial charge in [0.1, 0.15) is 5.69 Å². The van der Waals surface area contributed by atoms with E-state index >= 15 is 0 Å². The Kier molecular flexibility index (Phi) is 3.74. The van der Waals surface area contributed by atoms with Crippen LogP contribution in [0.4, 0.5) is 0 Å². The molecular formula is C13H17N3O2. The first-order chi connectivity index (χ1) is 8.67. The summed E-state index contributed by atoms with van der Waals surface area (Å²) in [6.07, 6.45) is 0. The summed E-state index contributed by atoms with van der Waals surface area (Å²) in [6, 6.07) is 6.07. The molecular weight excluding hydrogens is 230 g/mol. The predicted octanol–water partition coefficient (Wildman–Crippen LogP) is 1.52. The van der Waals surface area contributed by atoms with Gasteiger partial charge in [0.25, 0.3) is 0 Å². The van der Waals surface area contributed by atoms with E-state index < -0.39 is 0 Å². The zero-order valence-electron chi connectivity index (χ0n) is 10.8. The number of methoxy groups -OCH3 is 1. The normalized spacial score (nSPS) is 10.9. The van der Waals surface area contributed by atoms with Crippen LogP contribution in [0, 0.1) is 13.8 Å². The molecule has 0 fully saturated rings. The second-order valence-electron chi connectivity index (χ2n) is 4.25. The van der Waals surface area contributed by atoms with Crippen molar-refractivity contribution in [3.63, 3.8) is 0 Å². The Labute approximate surface area is 106 Å². The Morgan fingerprint density at radius 2 is 2.06 bits per heavy atom. The fourth-order valence-corrected chi connectivity index (χ4v) is 1.80. The zero-order chi connectivity index (χ0) is 13.1. The van der Waals surface area contributed by atoms with Crippen LogP contribution in [0.1, 0.15) is 22.5 Å². The van der Waals surface area contributed by atoms with Gasteiger partial charge in [0.05, 0.1) is 24.6 Å². The minimum Gasteiger partial charge on any atom is -0.390 e. The Hall–Kier alpha value is -1.72. The van der Waals surface area contributed by atoms with Crippen molar-refractivity contribution in [1.82, 2.24) is 15.0 Å². The number of hydrogen-bond donors (Lipinski definition) is 1. The number of ether oxygens (including phenoxy) is 1. The molecule has 1 heterocycles. The van der Waals surface area contributed by atoms with Gasteiger partial charge in [-0.1, -0.05) is 11.3 Å². The summed E-state index contributed by atoms with van der Waals surface area (Å²) in [5.41, 5.74) is 4.68. The Bertz CT molecular complexity index is 549. The molecule has 0 atom stereocenters. The van der Waals surface area contributed by atoms with E-state index in [1.165, 1.54) is 11.1 Å². The molecule has 0 bridgehead atoms. The molecule has 0 aliphatic heterocycles. The number of aryl methyl sites for hydroxylation is 2. The molecule has 5 nitrogen and oxygen atoms in total. The van der Waals surface area contributed by atoms with Crippen LogP contribution in [0.25, 0.3) is 5.69 Å². The van der Waals surface area contributed by atoms with Crippen molar-refractivity contribution >= 4 is 0 Å². The van der Waals surface area contributed by atoms with Crippen molar-refractivity contribution in [2.75, 3.05) is 7.11 Å². The second kappa shape index (κ2) is 5.29. The average molecular weight is 247 g/mol. The Balaban J connectivity index is 2.49. The number of rotatable bonds is 4. The van der Waals surface area contributed by atoms with Crippen LogP contribution >= 0.6 is 0 Å². The summed E-state index contributed by atoms with van der Waals surface area (Å²) in [5.74, 6) is 0. The van der Waals surface area contributed by atoms with Crippen LogP contribution in [0.15, 0.2) is 18.2 Å². The minimum atomic E-state index is -0.135. The van der Waals surface area contributed by atoms with E-state index in [2.05, 4.69) is 24.2 Å². The number of hydrogen-bond acceptors (Lipinski definition) is 4. The van der Waals surface area contributed by atoms with Crippen LogP contribution in [-0.4, -0.2) is 27.2 Å². The molecule has 0 spiro atoms. The highest BCUT2D eigenvalue weighted by Crippen LogP contribution is 2.17. The Morgan fingerprint density at radius 3 is 2.67 bits per heavy atom. The van der Waals surface area contributed by atoms with Gasteiger partial charge in [-0.05, 0) is 37.1 Å². The molecule has 0 radical (unpaired) electrons. The maximum Gasteiger partial charge on any atom is 0.114 e. The van der Waals surface area contributed by atoms with Gasteiger partial charge in [-0.15, -0.1) is 5.10 Å². The highest BCUT2D eigenvalue weighted by Gasteiger charge is 2.13. The molecule has 2 aromatic rings. The number of benzene rings is 1. The number of aliphatic hydroxyl groups is 1. The first-order valence-corrected chi connectivity index (χ1v) is 5.78. The van der Waals surface area contributed by atoms with Gasteiger partial charge in [-0.25, -0.2) is 4.68 Å². The fraction of sp³-hybridized carbons (Fsp3) is 0.385. The molecule has 0 unspecified atom stereocenters. The van der Waals surface area contributed by atoms with Crippen molar-refractivity contribution in [2.24, 2.45) is 0 Å². The van der Waals surface area contributed by atoms with E-state index in [0.29, 0.717) is 12.3 Å². The smallest absolute Gasteiger partial charge is 0.114 e. The lowest BCUT2D eigenvalue weighted by Gasteiger charge is -2.08. The third-order valence-corrected chi connectivity index (χ3v) is 3.01. The third kappa shape index (κ3) is 2.27. The fourth-order valence-electron chi connectivity index (χ4n) is 1.80. The van der Waals surface area contributed by atoms with Gasteiger partial charge in [0, 0.05) is 7.11 Å². The van der Waals surface area contributed by atoms with Gasteiger partial charge in [-0.2, -0.15) is 0 Å². The molecule has 0 aliphatic carbocycles. The maximum absolute atomic E-state index is 9.23. The summed E-state index contributed by atoms with van der Waals surface area (Å²) < 4.78 is 6.84. The lowest BCUT2D eigenvalue weighted by atomic mass is 10.1. The number of nitrogens with zero attached hydrogens (tertiary/aromatic N) is 3. The summed E-state index contributed by atoms with van der Waals surface area (Å²) in [6.45, 7) is 4.35. The highest BCUT2D eigenvalue weighted by atomic mass is 16.5. The molecule has 5 heteroatoms. The van der Waals surface area contributed by atoms with E-state index in [4.69, 9.17) is 4.74 Å². The van der Waals surface area contributed by atoms with E-state index in [1.807, 2.05) is 18.2 Å². The zero-order valence-corrected chi connectivity index (χ0v) is 10.8. The van der Waals surface area contributed by atoms with E-state index in [1.54, 1.807) is 11.8 Å². The monoisotopic (exact) mass is 247 g/mol. The molecule has 1 aromatic heterocycles. The van der Waals surface area contributed by atoms with Crippen molar-refractivity contribution in [3.8, 4) is 5.69 Å². The first kappa shape index (κ1) is 12.7. The predicted molar refractivity (Wildman–Crippen MR) is 67.5 cm³/mol. The van der Waals surface area contributed by atoms with Gasteiger partial charge in [-0.3, -0.25) is 0 Å². The van der Waals surface area contributed by atoms with Crippen LogP contribution in [-0.2, 0) is 18.0 Å². The van der Waals surface area contributed by atoms with Crippen LogP contribution < -0.4 is 0 Å². The molecule has 0 amide bonds. The van der Waals surface area contributed by atoms with Gasteiger partial charge in [0.2, 0.25) is 0 Å². The number of aliphatic hydroxyl groups excluding tert-OH is 1. The SMILES string of the molecule is COCc1c(CO)nnn1-c1ccc(C)c(C)c1. The first-order valence-electron chi connectivity index (χ1n) is 5.78. The molecule has 1 N–H and O–H groups in total. The molecule has 0 saturated carbocycles. The van der Waals surface area contributed by atoms with Crippen LogP contribution in [0.5, 0.6) is 0 Å². The molecule has 18 heavy (non-hydrogen) atoms. The second-order valence-corrected chi connectivity index (χ2v) is 4.25. The third-order valence-electron chi connectivity index (χ3n) is 3.01. The van der Waals surface area contributed by atoms with Crippen LogP contribution in [0.2, 0.25) is 0 Å². The quantitative estimate of drug-likeness (QED) is 0.890. The minimum absolute atomic E-state index is 0.135. The van der Waals surface area contributed by atoms with Gasteiger partial charge < -0.3 is 9.84 Å². The molecule has 0 saturated heterocycles. The summed E-state index contributed by atoms with van der Waals surface area (Å²) in [7, 11) is 1.61. The average Bonchev–Trinajstić information content (AvgIpc) is 2.76. The van der Waals surface area contributed by atoms with E-state index in [0.717, 1.165) is 11.4 Å². The lowest BCUT2D eigenvalue weighted by molar-refractivity contribution is 0.175. The van der Waals surface area contributed by atoms with Crippen molar-refractivity contribution in [1.29, 1.82) is 0 Å². The summed E-state index contributed by atoms with van der Waals surface area (Å²) >= 11 is 0. The van der Waals surface area contributed by atoms with Gasteiger partial charge in [0.15, 0.2) is 0 Å². The van der Waals surface area contributed by atoms with Crippen molar-refractivity contribution in [3.05, 3.63) is 40.7 Å². The van der Waals surface area contributed by atoms with Crippen molar-refractivity contribution < 1.29 is 9.84 Å². The largest absolute Gasteiger partial charge is 0.390 e. The van der Waals surface area contributed by atoms with Gasteiger partial charge >= 0.3 is 0 Å². The van der Waals surface area contributed by atoms with E-state index in [9.17, 15) is 5.11 Å². The molecule has 0 aliphatic rings. The summed E-state index contributed by atoms with van der Waals surface area (Å²) in [4.78, 5) is 0. The molecule has 96 valence electrons. The molecule has 2 rings (SSSR count). The van der Waals surface area contributed by atoms with E-state index in [-0.39, 0.29) is 6.61 Å². The standard InChI is InChI=1S/C13H17N3O2/c1-9-4-5-11(6-10(9)2)16-13(8-18-3)12(7-17)14-15-16/h4-6,17H,7-8H2,1-3H3. The Morgan fingerprint density at radius 1 is 1.28 bits per heavy atom. The number of aromatic nitrogens is 3. The maximum atomic E-state index is 9.23. The lowest BCUT2D eigenvalue weighted by Crippen LogP contribution is -2.05. The summed E-state index contributed by atoms with van der Waals surface area (Å²) in [5, 5.41) is 17.3. The topological polar surface area (TPSA) is 60.2 Å². The highest BCUT2D eigenvalue weighted by molar-refractivity contribution is 5.40. The van der Waals surface area contributed by atoms with Crippen molar-refractivity contribution in [2.45, 2.75) is 27.1 Å².